The van der Waals surface area contributed by atoms with Crippen molar-refractivity contribution >= 4 is 41.2 Å². The number of benzene rings is 1. The summed E-state index contributed by atoms with van der Waals surface area (Å²) in [6, 6.07) is 3.91. The average Bonchev–Trinajstić information content (AvgIpc) is 2.57. The lowest BCUT2D eigenvalue weighted by Gasteiger charge is -2.35. The van der Waals surface area contributed by atoms with Crippen molar-refractivity contribution in [2.45, 2.75) is 19.9 Å². The maximum absolute atomic E-state index is 12.5. The zero-order valence-corrected chi connectivity index (χ0v) is 15.3. The van der Waals surface area contributed by atoms with Gasteiger partial charge >= 0.3 is 5.97 Å². The fourth-order valence-electron chi connectivity index (χ4n) is 3.55. The second-order valence-corrected chi connectivity index (χ2v) is 6.54. The first kappa shape index (κ1) is 18.3. The van der Waals surface area contributed by atoms with Gasteiger partial charge in [0.1, 0.15) is 16.8 Å². The molecule has 0 spiro atoms. The van der Waals surface area contributed by atoms with Crippen LogP contribution in [0.2, 0.25) is 0 Å². The number of aromatic nitrogens is 1. The monoisotopic (exact) mass is 377 g/mol. The van der Waals surface area contributed by atoms with Crippen LogP contribution >= 0.6 is 12.4 Å². The first-order valence-corrected chi connectivity index (χ1v) is 8.25. The van der Waals surface area contributed by atoms with Crippen molar-refractivity contribution in [3.63, 3.8) is 0 Å². The number of anilines is 1. The van der Waals surface area contributed by atoms with Crippen LogP contribution in [0.15, 0.2) is 28.9 Å². The number of allylic oxidation sites excluding steroid dienone is 1. The molecule has 8 heteroatoms. The Bertz CT molecular complexity index is 983. The van der Waals surface area contributed by atoms with Crippen molar-refractivity contribution in [3.05, 3.63) is 39.9 Å². The van der Waals surface area contributed by atoms with Gasteiger partial charge in [-0.3, -0.25) is 4.79 Å². The van der Waals surface area contributed by atoms with Gasteiger partial charge < -0.3 is 24.6 Å². The number of carbonyl (C=O) groups is 1. The number of rotatable bonds is 2. The van der Waals surface area contributed by atoms with Gasteiger partial charge in [-0.1, -0.05) is 0 Å². The third-order valence-electron chi connectivity index (χ3n) is 4.65. The highest BCUT2D eigenvalue weighted by atomic mass is 35.5. The Hall–Kier alpha value is -2.51. The number of aromatic carboxylic acids is 1. The first-order chi connectivity index (χ1) is 12.0. The predicted molar refractivity (Wildman–Crippen MR) is 103 cm³/mol. The molecule has 1 aromatic heterocycles. The van der Waals surface area contributed by atoms with Crippen molar-refractivity contribution in [1.82, 2.24) is 9.88 Å². The van der Waals surface area contributed by atoms with E-state index in [2.05, 4.69) is 17.1 Å². The van der Waals surface area contributed by atoms with Crippen molar-refractivity contribution in [2.24, 2.45) is 0 Å². The highest BCUT2D eigenvalue weighted by molar-refractivity contribution is 5.98. The number of nitrogens with zero attached hydrogens (tertiary/aromatic N) is 2. The van der Waals surface area contributed by atoms with E-state index in [1.807, 2.05) is 13.0 Å². The number of carboxylic acid groups (broad SMARTS) is 1. The molecule has 4 rings (SSSR count). The largest absolute Gasteiger partial charge is 0.477 e. The summed E-state index contributed by atoms with van der Waals surface area (Å²) in [4.78, 5) is 26.2. The summed E-state index contributed by atoms with van der Waals surface area (Å²) in [6.45, 7) is 6.48. The van der Waals surface area contributed by atoms with Crippen LogP contribution < -0.4 is 20.4 Å². The van der Waals surface area contributed by atoms with E-state index in [0.29, 0.717) is 28.5 Å². The standard InChI is InChI=1S/C18H19N3O4.ClH/c1-10-7-20(6-5-19-10)14-4-3-12-15-17(14)25-11(2)8-21(15)9-13(16(12)22)18(23)24;/h3-4,8-10,19H,5-7H2,1-2H3,(H,23,24);1H/t10-;/m0./s1. The first-order valence-electron chi connectivity index (χ1n) is 8.25. The van der Waals surface area contributed by atoms with E-state index in [-0.39, 0.29) is 18.0 Å². The van der Waals surface area contributed by atoms with Gasteiger partial charge in [-0.05, 0) is 26.0 Å². The molecule has 2 aliphatic rings. The van der Waals surface area contributed by atoms with Crippen molar-refractivity contribution in [3.8, 4) is 5.75 Å². The molecule has 1 aromatic carbocycles. The molecule has 0 radical (unpaired) electrons. The maximum atomic E-state index is 12.5. The molecule has 3 heterocycles. The van der Waals surface area contributed by atoms with E-state index in [9.17, 15) is 14.7 Å². The Kier molecular flexibility index (Phi) is 4.68. The second-order valence-electron chi connectivity index (χ2n) is 6.54. The Balaban J connectivity index is 0.00000196. The molecular formula is C18H20ClN3O4. The minimum Gasteiger partial charge on any atom is -0.477 e. The van der Waals surface area contributed by atoms with Crippen LogP contribution in [-0.4, -0.2) is 41.3 Å². The van der Waals surface area contributed by atoms with Crippen LogP contribution in [0.25, 0.3) is 17.1 Å². The van der Waals surface area contributed by atoms with Crippen LogP contribution in [0.3, 0.4) is 0 Å². The molecule has 0 amide bonds. The predicted octanol–water partition coefficient (Wildman–Crippen LogP) is 2.13. The summed E-state index contributed by atoms with van der Waals surface area (Å²) in [7, 11) is 0. The van der Waals surface area contributed by atoms with Gasteiger partial charge in [0.15, 0.2) is 5.75 Å². The molecule has 0 aliphatic carbocycles. The normalized spacial score (nSPS) is 18.8. The molecule has 1 saturated heterocycles. The summed E-state index contributed by atoms with van der Waals surface area (Å²) < 4.78 is 7.65. The summed E-state index contributed by atoms with van der Waals surface area (Å²) in [5, 5.41) is 13.1. The SMILES string of the molecule is CC1=Cn2cc(C(=O)O)c(=O)c3ccc(N4CCN[C@@H](C)C4)c(c32)O1.Cl. The lowest BCUT2D eigenvalue weighted by Crippen LogP contribution is -2.49. The zero-order valence-electron chi connectivity index (χ0n) is 14.5. The third kappa shape index (κ3) is 2.83. The zero-order chi connectivity index (χ0) is 17.7. The summed E-state index contributed by atoms with van der Waals surface area (Å²) in [6.07, 6.45) is 3.07. The molecule has 2 aliphatic heterocycles. The number of halogens is 1. The molecule has 7 nitrogen and oxygen atoms in total. The molecule has 0 bridgehead atoms. The number of pyridine rings is 1. The lowest BCUT2D eigenvalue weighted by atomic mass is 10.1. The fraction of sp³-hybridized carbons (Fsp3) is 0.333. The van der Waals surface area contributed by atoms with E-state index in [1.54, 1.807) is 16.8 Å². The van der Waals surface area contributed by atoms with E-state index >= 15 is 0 Å². The van der Waals surface area contributed by atoms with Gasteiger partial charge in [0, 0.05) is 38.1 Å². The molecule has 2 N–H and O–H groups in total. The second kappa shape index (κ2) is 6.66. The minimum absolute atomic E-state index is 0. The Morgan fingerprint density at radius 2 is 2.15 bits per heavy atom. The number of nitrogens with one attached hydrogen (secondary N) is 1. The Morgan fingerprint density at radius 1 is 1.38 bits per heavy atom. The van der Waals surface area contributed by atoms with Gasteiger partial charge in [-0.15, -0.1) is 12.4 Å². The number of carboxylic acids is 1. The van der Waals surface area contributed by atoms with Gasteiger partial charge in [0.2, 0.25) is 5.43 Å². The highest BCUT2D eigenvalue weighted by Crippen LogP contribution is 2.39. The third-order valence-corrected chi connectivity index (χ3v) is 4.65. The van der Waals surface area contributed by atoms with Crippen LogP contribution in [0.4, 0.5) is 5.69 Å². The average molecular weight is 378 g/mol. The molecule has 0 unspecified atom stereocenters. The number of hydrogen-bond donors (Lipinski definition) is 2. The molecule has 26 heavy (non-hydrogen) atoms. The molecule has 0 saturated carbocycles. The minimum atomic E-state index is -1.23. The molecule has 1 fully saturated rings. The smallest absolute Gasteiger partial charge is 0.341 e. The van der Waals surface area contributed by atoms with Gasteiger partial charge in [-0.2, -0.15) is 0 Å². The highest BCUT2D eigenvalue weighted by Gasteiger charge is 2.26. The topological polar surface area (TPSA) is 83.8 Å². The summed E-state index contributed by atoms with van der Waals surface area (Å²) in [5.41, 5.74) is 0.804. The Morgan fingerprint density at radius 3 is 2.85 bits per heavy atom. The van der Waals surface area contributed by atoms with Crippen LogP contribution in [-0.2, 0) is 0 Å². The number of piperazine rings is 1. The molecule has 1 atom stereocenters. The van der Waals surface area contributed by atoms with Crippen molar-refractivity contribution in [1.29, 1.82) is 0 Å². The van der Waals surface area contributed by atoms with Gasteiger partial charge in [-0.25, -0.2) is 4.79 Å². The van der Waals surface area contributed by atoms with Gasteiger partial charge in [0.05, 0.1) is 11.1 Å². The van der Waals surface area contributed by atoms with E-state index in [1.165, 1.54) is 6.20 Å². The molecule has 2 aromatic rings. The Labute approximate surface area is 156 Å². The maximum Gasteiger partial charge on any atom is 0.341 e. The number of hydrogen-bond acceptors (Lipinski definition) is 5. The van der Waals surface area contributed by atoms with Crippen LogP contribution in [0.1, 0.15) is 24.2 Å². The van der Waals surface area contributed by atoms with E-state index in [4.69, 9.17) is 4.74 Å². The fourth-order valence-corrected chi connectivity index (χ4v) is 3.55. The van der Waals surface area contributed by atoms with Gasteiger partial charge in [0.25, 0.3) is 0 Å². The number of ether oxygens (including phenoxy) is 1. The van der Waals surface area contributed by atoms with Crippen molar-refractivity contribution < 1.29 is 14.6 Å². The quantitative estimate of drug-likeness (QED) is 0.834. The summed E-state index contributed by atoms with van der Waals surface area (Å²) >= 11 is 0. The van der Waals surface area contributed by atoms with Crippen LogP contribution in [0.5, 0.6) is 5.75 Å². The van der Waals surface area contributed by atoms with Crippen molar-refractivity contribution in [2.75, 3.05) is 24.5 Å². The summed E-state index contributed by atoms with van der Waals surface area (Å²) in [5.74, 6) is 0.0276. The van der Waals surface area contributed by atoms with E-state index in [0.717, 1.165) is 25.3 Å². The van der Waals surface area contributed by atoms with Crippen LogP contribution in [0, 0.1) is 0 Å². The molecular weight excluding hydrogens is 358 g/mol. The molecule has 138 valence electrons. The van der Waals surface area contributed by atoms with E-state index < -0.39 is 11.4 Å². The lowest BCUT2D eigenvalue weighted by molar-refractivity contribution is 0.0695.